The van der Waals surface area contributed by atoms with Gasteiger partial charge in [-0.2, -0.15) is 0 Å². The SMILES string of the molecule is C1CC1.CC.CC.CC(=O)NCc1ccc(C2=CNC(N)N2C)cc1.c1ccccc1. The molecule has 31 heavy (non-hydrogen) atoms. The minimum atomic E-state index is -0.168. The lowest BCUT2D eigenvalue weighted by Crippen LogP contribution is -2.41. The minimum Gasteiger partial charge on any atom is -0.357 e. The van der Waals surface area contributed by atoms with Crippen LogP contribution in [-0.4, -0.2) is 24.1 Å². The zero-order valence-electron chi connectivity index (χ0n) is 20.2. The van der Waals surface area contributed by atoms with Crippen molar-refractivity contribution in [2.45, 2.75) is 66.7 Å². The van der Waals surface area contributed by atoms with E-state index in [2.05, 4.69) is 10.6 Å². The van der Waals surface area contributed by atoms with E-state index in [0.29, 0.717) is 6.54 Å². The van der Waals surface area contributed by atoms with Gasteiger partial charge in [-0.05, 0) is 11.1 Å². The topological polar surface area (TPSA) is 70.4 Å². The normalized spacial score (nSPS) is 14.9. The Balaban J connectivity index is 0.000000563. The van der Waals surface area contributed by atoms with Crippen molar-refractivity contribution in [2.75, 3.05) is 7.05 Å². The number of carbonyl (C=O) groups excluding carboxylic acids is 1. The summed E-state index contributed by atoms with van der Waals surface area (Å²) in [6.07, 6.45) is 6.24. The molecule has 0 spiro atoms. The second-order valence-electron chi connectivity index (χ2n) is 6.57. The van der Waals surface area contributed by atoms with Crippen molar-refractivity contribution in [2.24, 2.45) is 5.73 Å². The van der Waals surface area contributed by atoms with Gasteiger partial charge in [-0.1, -0.05) is 108 Å². The predicted molar refractivity (Wildman–Crippen MR) is 134 cm³/mol. The Kier molecular flexibility index (Phi) is 16.4. The molecular formula is C26H42N4O. The highest BCUT2D eigenvalue weighted by molar-refractivity contribution is 5.72. The van der Waals surface area contributed by atoms with Crippen LogP contribution in [0.2, 0.25) is 0 Å². The van der Waals surface area contributed by atoms with E-state index in [1.807, 2.05) is 107 Å². The van der Waals surface area contributed by atoms with E-state index in [1.54, 1.807) is 0 Å². The van der Waals surface area contributed by atoms with Gasteiger partial charge in [0.2, 0.25) is 5.91 Å². The first-order valence-corrected chi connectivity index (χ1v) is 11.4. The predicted octanol–water partition coefficient (Wildman–Crippen LogP) is 5.31. The highest BCUT2D eigenvalue weighted by Crippen LogP contribution is 2.21. The largest absolute Gasteiger partial charge is 0.357 e. The summed E-state index contributed by atoms with van der Waals surface area (Å²) in [4.78, 5) is 12.8. The number of nitrogens with two attached hydrogens (primary N) is 1. The zero-order chi connectivity index (χ0) is 23.5. The first kappa shape index (κ1) is 28.2. The molecule has 1 aliphatic carbocycles. The molecule has 1 fully saturated rings. The molecule has 1 unspecified atom stereocenters. The van der Waals surface area contributed by atoms with Gasteiger partial charge < -0.3 is 15.5 Å². The highest BCUT2D eigenvalue weighted by atomic mass is 16.1. The fraction of sp³-hybridized carbons (Fsp3) is 0.423. The van der Waals surface area contributed by atoms with E-state index in [0.717, 1.165) is 16.8 Å². The molecule has 1 aliphatic heterocycles. The maximum absolute atomic E-state index is 10.8. The minimum absolute atomic E-state index is 0.0208. The molecule has 5 nitrogen and oxygen atoms in total. The maximum Gasteiger partial charge on any atom is 0.217 e. The van der Waals surface area contributed by atoms with Crippen molar-refractivity contribution < 1.29 is 4.79 Å². The molecule has 2 aromatic rings. The average molecular weight is 427 g/mol. The Morgan fingerprint density at radius 3 is 1.74 bits per heavy atom. The number of carbonyl (C=O) groups is 1. The second-order valence-corrected chi connectivity index (χ2v) is 6.57. The van der Waals surface area contributed by atoms with Gasteiger partial charge in [0.05, 0.1) is 5.70 Å². The fourth-order valence-electron chi connectivity index (χ4n) is 2.22. The molecule has 4 N–H and O–H groups in total. The summed E-state index contributed by atoms with van der Waals surface area (Å²) in [6, 6.07) is 20.1. The summed E-state index contributed by atoms with van der Waals surface area (Å²) >= 11 is 0. The van der Waals surface area contributed by atoms with Crippen LogP contribution in [0.3, 0.4) is 0 Å². The molecule has 2 aliphatic rings. The first-order valence-electron chi connectivity index (χ1n) is 11.4. The molecule has 2 aromatic carbocycles. The molecule has 1 saturated carbocycles. The third kappa shape index (κ3) is 13.2. The summed E-state index contributed by atoms with van der Waals surface area (Å²) in [5.74, 6) is -0.0208. The molecule has 0 bridgehead atoms. The number of amides is 1. The number of nitrogens with one attached hydrogen (secondary N) is 2. The summed E-state index contributed by atoms with van der Waals surface area (Å²) < 4.78 is 0. The van der Waals surface area contributed by atoms with Crippen molar-refractivity contribution in [1.82, 2.24) is 15.5 Å². The Labute approximate surface area is 189 Å². The van der Waals surface area contributed by atoms with Crippen LogP contribution in [0.1, 0.15) is 65.0 Å². The van der Waals surface area contributed by atoms with Gasteiger partial charge in [-0.15, -0.1) is 0 Å². The smallest absolute Gasteiger partial charge is 0.217 e. The molecule has 4 rings (SSSR count). The van der Waals surface area contributed by atoms with E-state index >= 15 is 0 Å². The van der Waals surface area contributed by atoms with Gasteiger partial charge >= 0.3 is 0 Å². The summed E-state index contributed by atoms with van der Waals surface area (Å²) in [5.41, 5.74) is 9.07. The summed E-state index contributed by atoms with van der Waals surface area (Å²) in [5, 5.41) is 5.83. The van der Waals surface area contributed by atoms with E-state index in [1.165, 1.54) is 26.2 Å². The zero-order valence-corrected chi connectivity index (χ0v) is 20.2. The number of rotatable bonds is 3. The lowest BCUT2D eigenvalue weighted by molar-refractivity contribution is -0.119. The summed E-state index contributed by atoms with van der Waals surface area (Å²) in [7, 11) is 1.95. The molecule has 1 atom stereocenters. The molecule has 172 valence electrons. The lowest BCUT2D eigenvalue weighted by atomic mass is 10.1. The number of nitrogens with zero attached hydrogens (tertiary/aromatic N) is 1. The standard InChI is InChI=1S/C13H18N4O.C6H6.C3H6.2C2H6/c1-9(18)15-7-10-3-5-11(6-4-10)12-8-16-13(14)17(12)2;1-2-4-6-5-3-1;1-2-3-1;2*1-2/h3-6,8,13,16H,7,14H2,1-2H3,(H,15,18);1-6H;1-3H2;2*1-2H3. The van der Waals surface area contributed by atoms with Crippen LogP contribution in [0, 0.1) is 0 Å². The third-order valence-electron chi connectivity index (χ3n) is 4.00. The van der Waals surface area contributed by atoms with Crippen LogP contribution in [0.5, 0.6) is 0 Å². The lowest BCUT2D eigenvalue weighted by Gasteiger charge is -2.21. The fourth-order valence-corrected chi connectivity index (χ4v) is 2.22. The van der Waals surface area contributed by atoms with Crippen LogP contribution in [0.25, 0.3) is 5.70 Å². The van der Waals surface area contributed by atoms with Crippen molar-refractivity contribution in [1.29, 1.82) is 0 Å². The monoisotopic (exact) mass is 426 g/mol. The first-order chi connectivity index (χ1) is 15.1. The number of hydrogen-bond acceptors (Lipinski definition) is 4. The van der Waals surface area contributed by atoms with Gasteiger partial charge in [0.25, 0.3) is 0 Å². The van der Waals surface area contributed by atoms with Crippen molar-refractivity contribution in [3.8, 4) is 0 Å². The van der Waals surface area contributed by atoms with E-state index < -0.39 is 0 Å². The van der Waals surface area contributed by atoms with Gasteiger partial charge in [0.15, 0.2) is 6.29 Å². The number of hydrogen-bond donors (Lipinski definition) is 3. The van der Waals surface area contributed by atoms with Crippen molar-refractivity contribution in [3.63, 3.8) is 0 Å². The molecule has 0 radical (unpaired) electrons. The van der Waals surface area contributed by atoms with Crippen LogP contribution < -0.4 is 16.4 Å². The molecule has 5 heteroatoms. The van der Waals surface area contributed by atoms with E-state index in [9.17, 15) is 4.79 Å². The third-order valence-corrected chi connectivity index (χ3v) is 4.00. The summed E-state index contributed by atoms with van der Waals surface area (Å²) in [6.45, 7) is 10.1. The molecule has 0 aromatic heterocycles. The van der Waals surface area contributed by atoms with Crippen LogP contribution in [0.15, 0.2) is 66.9 Å². The maximum atomic E-state index is 10.8. The van der Waals surface area contributed by atoms with Gasteiger partial charge in [0, 0.05) is 26.7 Å². The van der Waals surface area contributed by atoms with Crippen LogP contribution in [-0.2, 0) is 11.3 Å². The van der Waals surface area contributed by atoms with Gasteiger partial charge in [-0.3, -0.25) is 10.5 Å². The van der Waals surface area contributed by atoms with Gasteiger partial charge in [0.1, 0.15) is 0 Å². The second kappa shape index (κ2) is 18.0. The Morgan fingerprint density at radius 1 is 0.968 bits per heavy atom. The Hall–Kier alpha value is -2.79. The molecule has 1 heterocycles. The van der Waals surface area contributed by atoms with E-state index in [-0.39, 0.29) is 12.2 Å². The Morgan fingerprint density at radius 2 is 1.42 bits per heavy atom. The van der Waals surface area contributed by atoms with Crippen molar-refractivity contribution >= 4 is 11.6 Å². The average Bonchev–Trinajstić information content (AvgIpc) is 3.68. The van der Waals surface area contributed by atoms with Gasteiger partial charge in [-0.25, -0.2) is 0 Å². The number of benzene rings is 2. The Bertz CT molecular complexity index is 682. The molecular weight excluding hydrogens is 384 g/mol. The molecule has 1 amide bonds. The van der Waals surface area contributed by atoms with E-state index in [4.69, 9.17) is 5.73 Å². The highest BCUT2D eigenvalue weighted by Gasteiger charge is 2.19. The molecule has 0 saturated heterocycles. The van der Waals surface area contributed by atoms with Crippen LogP contribution >= 0.6 is 0 Å². The quantitative estimate of drug-likeness (QED) is 0.622. The van der Waals surface area contributed by atoms with Crippen molar-refractivity contribution in [3.05, 3.63) is 78.0 Å². The van der Waals surface area contributed by atoms with Crippen LogP contribution in [0.4, 0.5) is 0 Å².